The van der Waals surface area contributed by atoms with Crippen LogP contribution < -0.4 is 5.32 Å². The molecule has 1 heterocycles. The summed E-state index contributed by atoms with van der Waals surface area (Å²) in [5, 5.41) is 14.9. The maximum atomic E-state index is 10.9. The SMILES string of the molecule is Cc1nc(CNc2ccccc2[N+](=O)[O-])c(C)s1. The van der Waals surface area contributed by atoms with Crippen molar-refractivity contribution in [3.8, 4) is 0 Å². The molecule has 5 nitrogen and oxygen atoms in total. The van der Waals surface area contributed by atoms with Crippen LogP contribution in [0.15, 0.2) is 24.3 Å². The molecule has 0 aliphatic rings. The average Bonchev–Trinajstić information content (AvgIpc) is 2.65. The van der Waals surface area contributed by atoms with E-state index in [1.54, 1.807) is 29.5 Å². The molecule has 18 heavy (non-hydrogen) atoms. The average molecular weight is 263 g/mol. The number of nitrogens with zero attached hydrogens (tertiary/aromatic N) is 2. The van der Waals surface area contributed by atoms with E-state index in [1.807, 2.05) is 13.8 Å². The van der Waals surface area contributed by atoms with Crippen molar-refractivity contribution in [3.63, 3.8) is 0 Å². The molecule has 6 heteroatoms. The second kappa shape index (κ2) is 5.14. The van der Waals surface area contributed by atoms with Crippen LogP contribution in [0.1, 0.15) is 15.6 Å². The van der Waals surface area contributed by atoms with Crippen LogP contribution in [0, 0.1) is 24.0 Å². The number of aryl methyl sites for hydroxylation is 2. The number of nitro benzene ring substituents is 1. The maximum absolute atomic E-state index is 10.9. The topological polar surface area (TPSA) is 68.1 Å². The zero-order chi connectivity index (χ0) is 13.1. The molecule has 0 bridgehead atoms. The minimum Gasteiger partial charge on any atom is -0.374 e. The molecule has 0 spiro atoms. The number of hydrogen-bond donors (Lipinski definition) is 1. The van der Waals surface area contributed by atoms with Crippen molar-refractivity contribution in [2.24, 2.45) is 0 Å². The van der Waals surface area contributed by atoms with Gasteiger partial charge in [-0.05, 0) is 19.9 Å². The Labute approximate surface area is 109 Å². The highest BCUT2D eigenvalue weighted by atomic mass is 32.1. The van der Waals surface area contributed by atoms with Gasteiger partial charge in [-0.2, -0.15) is 0 Å². The van der Waals surface area contributed by atoms with Crippen LogP contribution in [-0.2, 0) is 6.54 Å². The fraction of sp³-hybridized carbons (Fsp3) is 0.250. The number of aromatic nitrogens is 1. The van der Waals surface area contributed by atoms with Crippen molar-refractivity contribution < 1.29 is 4.92 Å². The first kappa shape index (κ1) is 12.5. The van der Waals surface area contributed by atoms with Crippen LogP contribution in [0.5, 0.6) is 0 Å². The molecule has 1 aromatic heterocycles. The van der Waals surface area contributed by atoms with E-state index in [2.05, 4.69) is 10.3 Å². The standard InChI is InChI=1S/C12H13N3O2S/c1-8-11(14-9(2)18-8)7-13-10-5-3-4-6-12(10)15(16)17/h3-6,13H,7H2,1-2H3. The Morgan fingerprint density at radius 2 is 2.11 bits per heavy atom. The predicted octanol–water partition coefficient (Wildman–Crippen LogP) is 3.28. The van der Waals surface area contributed by atoms with Crippen LogP contribution in [0.2, 0.25) is 0 Å². The predicted molar refractivity (Wildman–Crippen MR) is 72.0 cm³/mol. The highest BCUT2D eigenvalue weighted by Gasteiger charge is 2.12. The second-order valence-corrected chi connectivity index (χ2v) is 5.27. The molecule has 0 aliphatic carbocycles. The Morgan fingerprint density at radius 1 is 1.39 bits per heavy atom. The first-order valence-electron chi connectivity index (χ1n) is 5.48. The van der Waals surface area contributed by atoms with Gasteiger partial charge < -0.3 is 5.32 Å². The summed E-state index contributed by atoms with van der Waals surface area (Å²) in [6.07, 6.45) is 0. The number of benzene rings is 1. The number of rotatable bonds is 4. The summed E-state index contributed by atoms with van der Waals surface area (Å²) in [7, 11) is 0. The lowest BCUT2D eigenvalue weighted by Gasteiger charge is -2.05. The Hall–Kier alpha value is -1.95. The smallest absolute Gasteiger partial charge is 0.292 e. The van der Waals surface area contributed by atoms with Gasteiger partial charge in [0.1, 0.15) is 5.69 Å². The third-order valence-corrected chi connectivity index (χ3v) is 3.48. The van der Waals surface area contributed by atoms with Crippen LogP contribution in [-0.4, -0.2) is 9.91 Å². The number of hydrogen-bond acceptors (Lipinski definition) is 5. The summed E-state index contributed by atoms with van der Waals surface area (Å²) in [6, 6.07) is 6.62. The van der Waals surface area contributed by atoms with Gasteiger partial charge in [0.15, 0.2) is 0 Å². The molecular formula is C12H13N3O2S. The van der Waals surface area contributed by atoms with E-state index in [1.165, 1.54) is 6.07 Å². The van der Waals surface area contributed by atoms with Gasteiger partial charge in [-0.15, -0.1) is 11.3 Å². The van der Waals surface area contributed by atoms with E-state index in [-0.39, 0.29) is 10.6 Å². The number of thiazole rings is 1. The van der Waals surface area contributed by atoms with Gasteiger partial charge in [0.05, 0.1) is 22.2 Å². The third-order valence-electron chi connectivity index (χ3n) is 2.55. The third kappa shape index (κ3) is 2.65. The number of nitrogens with one attached hydrogen (secondary N) is 1. The number of anilines is 1. The second-order valence-electron chi connectivity index (χ2n) is 3.86. The van der Waals surface area contributed by atoms with E-state index >= 15 is 0 Å². The molecule has 0 saturated heterocycles. The highest BCUT2D eigenvalue weighted by molar-refractivity contribution is 7.11. The molecule has 0 radical (unpaired) electrons. The van der Waals surface area contributed by atoms with Crippen LogP contribution in [0.3, 0.4) is 0 Å². The van der Waals surface area contributed by atoms with Crippen LogP contribution in [0.4, 0.5) is 11.4 Å². The molecule has 1 aromatic carbocycles. The Kier molecular flexibility index (Phi) is 3.57. The fourth-order valence-corrected chi connectivity index (χ4v) is 2.53. The van der Waals surface area contributed by atoms with E-state index in [0.717, 1.165) is 15.6 Å². The van der Waals surface area contributed by atoms with Crippen molar-refractivity contribution in [1.82, 2.24) is 4.98 Å². The summed E-state index contributed by atoms with van der Waals surface area (Å²) in [4.78, 5) is 16.0. The van der Waals surface area contributed by atoms with Crippen molar-refractivity contribution in [3.05, 3.63) is 50.0 Å². The molecule has 0 aliphatic heterocycles. The molecule has 0 atom stereocenters. The Balaban J connectivity index is 2.15. The van der Waals surface area contributed by atoms with E-state index < -0.39 is 0 Å². The van der Waals surface area contributed by atoms with Crippen molar-refractivity contribution in [2.45, 2.75) is 20.4 Å². The molecule has 2 rings (SSSR count). The monoisotopic (exact) mass is 263 g/mol. The lowest BCUT2D eigenvalue weighted by molar-refractivity contribution is -0.384. The normalized spacial score (nSPS) is 10.3. The largest absolute Gasteiger partial charge is 0.374 e. The van der Waals surface area contributed by atoms with Gasteiger partial charge in [-0.25, -0.2) is 4.98 Å². The fourth-order valence-electron chi connectivity index (χ4n) is 1.70. The van der Waals surface area contributed by atoms with Gasteiger partial charge in [0.2, 0.25) is 0 Å². The maximum Gasteiger partial charge on any atom is 0.292 e. The summed E-state index contributed by atoms with van der Waals surface area (Å²) >= 11 is 1.63. The molecule has 94 valence electrons. The summed E-state index contributed by atoms with van der Waals surface area (Å²) < 4.78 is 0. The summed E-state index contributed by atoms with van der Waals surface area (Å²) in [6.45, 7) is 4.45. The Bertz CT molecular complexity index is 580. The molecule has 0 unspecified atom stereocenters. The summed E-state index contributed by atoms with van der Waals surface area (Å²) in [5.74, 6) is 0. The van der Waals surface area contributed by atoms with Gasteiger partial charge in [-0.3, -0.25) is 10.1 Å². The van der Waals surface area contributed by atoms with Gasteiger partial charge in [0, 0.05) is 10.9 Å². The van der Waals surface area contributed by atoms with Gasteiger partial charge in [-0.1, -0.05) is 12.1 Å². The van der Waals surface area contributed by atoms with Crippen LogP contribution in [0.25, 0.3) is 0 Å². The quantitative estimate of drug-likeness (QED) is 0.679. The van der Waals surface area contributed by atoms with Gasteiger partial charge in [0.25, 0.3) is 5.69 Å². The lowest BCUT2D eigenvalue weighted by Crippen LogP contribution is -2.03. The summed E-state index contributed by atoms with van der Waals surface area (Å²) in [5.41, 5.74) is 1.55. The zero-order valence-corrected chi connectivity index (χ0v) is 11.0. The minimum absolute atomic E-state index is 0.0853. The minimum atomic E-state index is -0.387. The first-order valence-corrected chi connectivity index (χ1v) is 6.30. The lowest BCUT2D eigenvalue weighted by atomic mass is 10.2. The number of para-hydroxylation sites is 2. The molecule has 0 amide bonds. The molecule has 0 saturated carbocycles. The van der Waals surface area contributed by atoms with Crippen molar-refractivity contribution in [1.29, 1.82) is 0 Å². The zero-order valence-electron chi connectivity index (χ0n) is 10.1. The molecule has 2 aromatic rings. The Morgan fingerprint density at radius 3 is 2.72 bits per heavy atom. The molecule has 1 N–H and O–H groups in total. The molecule has 0 fully saturated rings. The van der Waals surface area contributed by atoms with Crippen LogP contribution >= 0.6 is 11.3 Å². The first-order chi connectivity index (χ1) is 8.58. The van der Waals surface area contributed by atoms with Gasteiger partial charge >= 0.3 is 0 Å². The molecular weight excluding hydrogens is 250 g/mol. The van der Waals surface area contributed by atoms with E-state index in [0.29, 0.717) is 12.2 Å². The highest BCUT2D eigenvalue weighted by Crippen LogP contribution is 2.24. The van der Waals surface area contributed by atoms with Crippen molar-refractivity contribution >= 4 is 22.7 Å². The van der Waals surface area contributed by atoms with E-state index in [9.17, 15) is 10.1 Å². The van der Waals surface area contributed by atoms with Crippen molar-refractivity contribution in [2.75, 3.05) is 5.32 Å². The number of nitro groups is 1. The van der Waals surface area contributed by atoms with E-state index in [4.69, 9.17) is 0 Å².